The van der Waals surface area contributed by atoms with E-state index in [4.69, 9.17) is 4.74 Å². The summed E-state index contributed by atoms with van der Waals surface area (Å²) in [6.45, 7) is 0. The lowest BCUT2D eigenvalue weighted by molar-refractivity contribution is 0.403. The molecule has 0 amide bonds. The average Bonchev–Trinajstić information content (AvgIpc) is 2.47. The molecule has 1 heterocycles. The predicted octanol–water partition coefficient (Wildman–Crippen LogP) is 2.61. The van der Waals surface area contributed by atoms with Crippen molar-refractivity contribution in [1.82, 2.24) is 4.98 Å². The van der Waals surface area contributed by atoms with Gasteiger partial charge in [-0.15, -0.1) is 11.8 Å². The van der Waals surface area contributed by atoms with E-state index in [1.807, 2.05) is 6.26 Å². The van der Waals surface area contributed by atoms with Gasteiger partial charge in [0.2, 0.25) is 0 Å². The second kappa shape index (κ2) is 6.15. The standard InChI is InChI=1S/C13H14N2O3S2/c1-18-11-5-3-4-6-12(11)20(16,17)15-10-7-8-13(19-2)14-9-10/h3-9,15H,1-2H3. The monoisotopic (exact) mass is 310 g/mol. The second-order valence-electron chi connectivity index (χ2n) is 3.85. The van der Waals surface area contributed by atoms with Gasteiger partial charge in [0.05, 0.1) is 24.0 Å². The lowest BCUT2D eigenvalue weighted by Gasteiger charge is -2.11. The minimum atomic E-state index is -3.70. The van der Waals surface area contributed by atoms with Gasteiger partial charge >= 0.3 is 0 Å². The first-order valence-electron chi connectivity index (χ1n) is 5.72. The van der Waals surface area contributed by atoms with Crippen LogP contribution in [0.15, 0.2) is 52.5 Å². The molecule has 0 fully saturated rings. The molecule has 0 spiro atoms. The molecule has 2 aromatic rings. The number of methoxy groups -OCH3 is 1. The normalized spacial score (nSPS) is 11.1. The Labute approximate surface area is 122 Å². The van der Waals surface area contributed by atoms with Crippen LogP contribution in [0.4, 0.5) is 5.69 Å². The van der Waals surface area contributed by atoms with Crippen LogP contribution in [0.1, 0.15) is 0 Å². The summed E-state index contributed by atoms with van der Waals surface area (Å²) in [5.74, 6) is 0.300. The molecule has 0 aliphatic carbocycles. The molecule has 0 atom stereocenters. The summed E-state index contributed by atoms with van der Waals surface area (Å²) in [6, 6.07) is 9.88. The summed E-state index contributed by atoms with van der Waals surface area (Å²) in [5.41, 5.74) is 0.411. The van der Waals surface area contributed by atoms with Crippen LogP contribution in [0.25, 0.3) is 0 Å². The zero-order chi connectivity index (χ0) is 14.6. The van der Waals surface area contributed by atoms with Crippen LogP contribution >= 0.6 is 11.8 Å². The van der Waals surface area contributed by atoms with E-state index >= 15 is 0 Å². The Morgan fingerprint density at radius 3 is 2.55 bits per heavy atom. The van der Waals surface area contributed by atoms with Crippen molar-refractivity contribution in [3.63, 3.8) is 0 Å². The fourth-order valence-electron chi connectivity index (χ4n) is 1.61. The average molecular weight is 310 g/mol. The Balaban J connectivity index is 2.30. The molecule has 0 saturated carbocycles. The number of thioether (sulfide) groups is 1. The Morgan fingerprint density at radius 1 is 1.20 bits per heavy atom. The lowest BCUT2D eigenvalue weighted by atomic mass is 10.3. The highest BCUT2D eigenvalue weighted by Crippen LogP contribution is 2.25. The number of hydrogen-bond acceptors (Lipinski definition) is 5. The topological polar surface area (TPSA) is 68.3 Å². The van der Waals surface area contributed by atoms with E-state index in [0.717, 1.165) is 5.03 Å². The number of sulfonamides is 1. The summed E-state index contributed by atoms with van der Waals surface area (Å²) < 4.78 is 32.2. The van der Waals surface area contributed by atoms with Crippen LogP contribution < -0.4 is 9.46 Å². The first kappa shape index (κ1) is 14.7. The van der Waals surface area contributed by atoms with Crippen molar-refractivity contribution in [2.45, 2.75) is 9.92 Å². The molecule has 1 N–H and O–H groups in total. The maximum absolute atomic E-state index is 12.3. The van der Waals surface area contributed by atoms with Crippen molar-refractivity contribution in [2.24, 2.45) is 0 Å². The minimum Gasteiger partial charge on any atom is -0.495 e. The van der Waals surface area contributed by atoms with Gasteiger partial charge in [-0.1, -0.05) is 12.1 Å². The molecular formula is C13H14N2O3S2. The van der Waals surface area contributed by atoms with Crippen molar-refractivity contribution in [2.75, 3.05) is 18.1 Å². The predicted molar refractivity (Wildman–Crippen MR) is 79.8 cm³/mol. The van der Waals surface area contributed by atoms with Crippen LogP contribution in [-0.2, 0) is 10.0 Å². The molecular weight excluding hydrogens is 296 g/mol. The SMILES string of the molecule is COc1ccccc1S(=O)(=O)Nc1ccc(SC)nc1. The number of nitrogens with zero attached hydrogens (tertiary/aromatic N) is 1. The number of nitrogens with one attached hydrogen (secondary N) is 1. The molecule has 1 aromatic carbocycles. The smallest absolute Gasteiger partial charge is 0.265 e. The van der Waals surface area contributed by atoms with Crippen LogP contribution in [0.3, 0.4) is 0 Å². The Hall–Kier alpha value is -1.73. The van der Waals surface area contributed by atoms with E-state index in [2.05, 4.69) is 9.71 Å². The molecule has 7 heteroatoms. The van der Waals surface area contributed by atoms with E-state index in [0.29, 0.717) is 11.4 Å². The van der Waals surface area contributed by atoms with Crippen molar-refractivity contribution >= 4 is 27.5 Å². The van der Waals surface area contributed by atoms with Gasteiger partial charge in [0.15, 0.2) is 0 Å². The van der Waals surface area contributed by atoms with E-state index in [1.165, 1.54) is 31.1 Å². The fourth-order valence-corrected chi connectivity index (χ4v) is 3.19. The molecule has 106 valence electrons. The molecule has 20 heavy (non-hydrogen) atoms. The van der Waals surface area contributed by atoms with Gasteiger partial charge in [-0.25, -0.2) is 13.4 Å². The molecule has 1 aromatic heterocycles. The summed E-state index contributed by atoms with van der Waals surface area (Å²) in [5, 5.41) is 0.824. The highest BCUT2D eigenvalue weighted by molar-refractivity contribution is 7.98. The van der Waals surface area contributed by atoms with Crippen LogP contribution in [-0.4, -0.2) is 26.8 Å². The largest absolute Gasteiger partial charge is 0.495 e. The summed E-state index contributed by atoms with van der Waals surface area (Å²) in [4.78, 5) is 4.22. The van der Waals surface area contributed by atoms with Gasteiger partial charge in [-0.3, -0.25) is 4.72 Å². The maximum Gasteiger partial charge on any atom is 0.265 e. The summed E-state index contributed by atoms with van der Waals surface area (Å²) >= 11 is 1.49. The van der Waals surface area contributed by atoms with Gasteiger partial charge in [-0.2, -0.15) is 0 Å². The van der Waals surface area contributed by atoms with E-state index in [9.17, 15) is 8.42 Å². The lowest BCUT2D eigenvalue weighted by Crippen LogP contribution is -2.14. The minimum absolute atomic E-state index is 0.0939. The number of ether oxygens (including phenoxy) is 1. The molecule has 0 radical (unpaired) electrons. The number of para-hydroxylation sites is 1. The van der Waals surface area contributed by atoms with Gasteiger partial charge in [0.25, 0.3) is 10.0 Å². The zero-order valence-electron chi connectivity index (χ0n) is 11.0. The van der Waals surface area contributed by atoms with E-state index < -0.39 is 10.0 Å². The van der Waals surface area contributed by atoms with E-state index in [1.54, 1.807) is 30.3 Å². The number of aromatic nitrogens is 1. The molecule has 0 bridgehead atoms. The van der Waals surface area contributed by atoms with Crippen LogP contribution in [0.5, 0.6) is 5.75 Å². The molecule has 2 rings (SSSR count). The third kappa shape index (κ3) is 3.23. The quantitative estimate of drug-likeness (QED) is 0.860. The van der Waals surface area contributed by atoms with Crippen LogP contribution in [0.2, 0.25) is 0 Å². The molecule has 0 unspecified atom stereocenters. The third-order valence-corrected chi connectivity index (χ3v) is 4.64. The fraction of sp³-hybridized carbons (Fsp3) is 0.154. The van der Waals surface area contributed by atoms with Gasteiger partial charge in [0.1, 0.15) is 10.6 Å². The first-order chi connectivity index (χ1) is 9.56. The highest BCUT2D eigenvalue weighted by Gasteiger charge is 2.19. The summed E-state index contributed by atoms with van der Waals surface area (Å²) in [6.07, 6.45) is 3.39. The Morgan fingerprint density at radius 2 is 1.95 bits per heavy atom. The second-order valence-corrected chi connectivity index (χ2v) is 6.32. The van der Waals surface area contributed by atoms with Crippen molar-refractivity contribution in [3.05, 3.63) is 42.6 Å². The van der Waals surface area contributed by atoms with E-state index in [-0.39, 0.29) is 4.90 Å². The van der Waals surface area contributed by atoms with Crippen molar-refractivity contribution < 1.29 is 13.2 Å². The highest BCUT2D eigenvalue weighted by atomic mass is 32.2. The molecule has 0 aliphatic heterocycles. The first-order valence-corrected chi connectivity index (χ1v) is 8.43. The maximum atomic E-state index is 12.3. The number of anilines is 1. The Kier molecular flexibility index (Phi) is 4.51. The number of pyridine rings is 1. The number of rotatable bonds is 5. The Bertz CT molecular complexity index is 685. The number of benzene rings is 1. The summed E-state index contributed by atoms with van der Waals surface area (Å²) in [7, 11) is -2.26. The van der Waals surface area contributed by atoms with Crippen molar-refractivity contribution in [1.29, 1.82) is 0 Å². The van der Waals surface area contributed by atoms with Crippen molar-refractivity contribution in [3.8, 4) is 5.75 Å². The van der Waals surface area contributed by atoms with Gasteiger partial charge in [-0.05, 0) is 30.5 Å². The van der Waals surface area contributed by atoms with Gasteiger partial charge < -0.3 is 4.74 Å². The molecule has 0 aliphatic rings. The molecule has 5 nitrogen and oxygen atoms in total. The van der Waals surface area contributed by atoms with Gasteiger partial charge in [0, 0.05) is 0 Å². The number of hydrogen-bond donors (Lipinski definition) is 1. The zero-order valence-corrected chi connectivity index (χ0v) is 12.7. The third-order valence-electron chi connectivity index (χ3n) is 2.56. The van der Waals surface area contributed by atoms with Crippen LogP contribution in [0, 0.1) is 0 Å². The molecule has 0 saturated heterocycles.